The second kappa shape index (κ2) is 10.8. The van der Waals surface area contributed by atoms with Gasteiger partial charge in [-0.3, -0.25) is 0 Å². The van der Waals surface area contributed by atoms with E-state index in [1.165, 1.54) is 18.6 Å². The van der Waals surface area contributed by atoms with E-state index >= 15 is 0 Å². The minimum absolute atomic E-state index is 0.244. The lowest BCUT2D eigenvalue weighted by Gasteiger charge is -2.29. The lowest BCUT2D eigenvalue weighted by molar-refractivity contribution is 0.297. The fourth-order valence-corrected chi connectivity index (χ4v) is 4.62. The molecule has 2 heterocycles. The van der Waals surface area contributed by atoms with Crippen LogP contribution in [0.5, 0.6) is 17.5 Å². The van der Waals surface area contributed by atoms with Gasteiger partial charge in [-0.25, -0.2) is 4.39 Å². The van der Waals surface area contributed by atoms with Crippen LogP contribution < -0.4 is 19.1 Å². The van der Waals surface area contributed by atoms with Gasteiger partial charge < -0.3 is 19.1 Å². The van der Waals surface area contributed by atoms with Crippen molar-refractivity contribution in [2.75, 3.05) is 38.8 Å². The number of halogens is 1. The van der Waals surface area contributed by atoms with E-state index in [2.05, 4.69) is 11.0 Å². The van der Waals surface area contributed by atoms with Gasteiger partial charge >= 0.3 is 6.01 Å². The van der Waals surface area contributed by atoms with Crippen LogP contribution in [0.1, 0.15) is 24.8 Å². The Morgan fingerprint density at radius 2 is 1.56 bits per heavy atom. The summed E-state index contributed by atoms with van der Waals surface area (Å²) in [4.78, 5) is 11.9. The molecule has 0 saturated carbocycles. The van der Waals surface area contributed by atoms with Crippen LogP contribution in [0, 0.1) is 5.82 Å². The highest BCUT2D eigenvalue weighted by Crippen LogP contribution is 2.32. The Balaban J connectivity index is 1.42. The van der Waals surface area contributed by atoms with Crippen molar-refractivity contribution < 1.29 is 18.6 Å². The molecular weight excluding hydrogens is 457 g/mol. The molecule has 1 aliphatic heterocycles. The van der Waals surface area contributed by atoms with E-state index in [1.807, 2.05) is 30.3 Å². The van der Waals surface area contributed by atoms with E-state index in [0.29, 0.717) is 30.5 Å². The number of nitrogens with zero attached hydrogens (tertiary/aromatic N) is 3. The molecule has 0 spiro atoms. The van der Waals surface area contributed by atoms with Crippen LogP contribution in [0.2, 0.25) is 0 Å². The largest absolute Gasteiger partial charge is 0.493 e. The van der Waals surface area contributed by atoms with Gasteiger partial charge in [-0.05, 0) is 72.4 Å². The third-order valence-electron chi connectivity index (χ3n) is 6.56. The lowest BCUT2D eigenvalue weighted by Crippen LogP contribution is -2.30. The number of piperidine rings is 1. The van der Waals surface area contributed by atoms with Crippen molar-refractivity contribution in [1.82, 2.24) is 9.97 Å². The highest BCUT2D eigenvalue weighted by molar-refractivity contribution is 5.93. The van der Waals surface area contributed by atoms with Crippen molar-refractivity contribution in [3.8, 4) is 28.6 Å². The maximum atomic E-state index is 13.4. The van der Waals surface area contributed by atoms with Gasteiger partial charge in [-0.15, -0.1) is 0 Å². The zero-order chi connectivity index (χ0) is 24.9. The molecule has 0 radical (unpaired) electrons. The third kappa shape index (κ3) is 5.20. The smallest absolute Gasteiger partial charge is 0.318 e. The van der Waals surface area contributed by atoms with E-state index in [0.717, 1.165) is 59.3 Å². The molecule has 0 N–H and O–H groups in total. The fraction of sp³-hybridized carbons (Fsp3) is 0.310. The van der Waals surface area contributed by atoms with E-state index in [-0.39, 0.29) is 5.82 Å². The quantitative estimate of drug-likeness (QED) is 0.301. The van der Waals surface area contributed by atoms with E-state index in [9.17, 15) is 4.39 Å². The molecule has 5 rings (SSSR count). The molecule has 0 amide bonds. The van der Waals surface area contributed by atoms with Crippen molar-refractivity contribution in [1.29, 1.82) is 0 Å². The number of aromatic nitrogens is 2. The molecule has 0 atom stereocenters. The minimum Gasteiger partial charge on any atom is -0.493 e. The summed E-state index contributed by atoms with van der Waals surface area (Å²) in [5.41, 5.74) is 3.87. The number of methoxy groups -OCH3 is 2. The highest BCUT2D eigenvalue weighted by atomic mass is 19.1. The molecule has 4 aromatic rings. The van der Waals surface area contributed by atoms with E-state index < -0.39 is 0 Å². The van der Waals surface area contributed by atoms with Crippen LogP contribution in [-0.2, 0) is 6.42 Å². The van der Waals surface area contributed by atoms with Crippen molar-refractivity contribution in [2.24, 2.45) is 0 Å². The number of hydrogen-bond acceptors (Lipinski definition) is 6. The first kappa shape index (κ1) is 23.9. The molecule has 0 bridgehead atoms. The summed E-state index contributed by atoms with van der Waals surface area (Å²) in [6, 6.07) is 18.9. The molecule has 1 aliphatic rings. The second-order valence-electron chi connectivity index (χ2n) is 8.90. The first-order valence-corrected chi connectivity index (χ1v) is 12.3. The summed E-state index contributed by atoms with van der Waals surface area (Å²) < 4.78 is 30.2. The zero-order valence-electron chi connectivity index (χ0n) is 20.7. The van der Waals surface area contributed by atoms with Crippen molar-refractivity contribution in [3.05, 3.63) is 72.0 Å². The normalized spacial score (nSPS) is 13.6. The first-order chi connectivity index (χ1) is 17.6. The van der Waals surface area contributed by atoms with Crippen LogP contribution >= 0.6 is 0 Å². The molecule has 7 heteroatoms. The van der Waals surface area contributed by atoms with Crippen LogP contribution in [0.4, 0.5) is 10.2 Å². The summed E-state index contributed by atoms with van der Waals surface area (Å²) in [5, 5.41) is 0.978. The first-order valence-electron chi connectivity index (χ1n) is 12.3. The molecule has 1 aromatic heterocycles. The minimum atomic E-state index is -0.244. The highest BCUT2D eigenvalue weighted by Gasteiger charge is 2.18. The number of fused-ring (bicyclic) bond motifs is 1. The van der Waals surface area contributed by atoms with Crippen molar-refractivity contribution in [3.63, 3.8) is 0 Å². The van der Waals surface area contributed by atoms with Gasteiger partial charge in [0.15, 0.2) is 11.5 Å². The Morgan fingerprint density at radius 1 is 0.806 bits per heavy atom. The Bertz CT molecular complexity index is 1340. The molecule has 6 nitrogen and oxygen atoms in total. The summed E-state index contributed by atoms with van der Waals surface area (Å²) in [7, 11) is 3.25. The Kier molecular flexibility index (Phi) is 7.16. The Labute approximate surface area is 210 Å². The van der Waals surface area contributed by atoms with Gasteiger partial charge in [0.2, 0.25) is 0 Å². The topological polar surface area (TPSA) is 56.7 Å². The van der Waals surface area contributed by atoms with Crippen LogP contribution in [-0.4, -0.2) is 43.9 Å². The maximum absolute atomic E-state index is 13.4. The number of ether oxygens (including phenoxy) is 3. The van der Waals surface area contributed by atoms with E-state index in [4.69, 9.17) is 24.2 Å². The van der Waals surface area contributed by atoms with Gasteiger partial charge in [0.05, 0.1) is 26.3 Å². The monoisotopic (exact) mass is 487 g/mol. The number of hydrogen-bond donors (Lipinski definition) is 0. The van der Waals surface area contributed by atoms with E-state index in [1.54, 1.807) is 26.4 Å². The van der Waals surface area contributed by atoms with Gasteiger partial charge in [0.1, 0.15) is 11.6 Å². The molecule has 0 aliphatic carbocycles. The summed E-state index contributed by atoms with van der Waals surface area (Å²) in [5.74, 6) is 2.05. The lowest BCUT2D eigenvalue weighted by atomic mass is 10.0. The number of rotatable bonds is 8. The Morgan fingerprint density at radius 3 is 2.31 bits per heavy atom. The summed E-state index contributed by atoms with van der Waals surface area (Å²) in [6.45, 7) is 2.35. The van der Waals surface area contributed by atoms with Gasteiger partial charge in [-0.1, -0.05) is 24.3 Å². The van der Waals surface area contributed by atoms with Crippen molar-refractivity contribution >= 4 is 16.7 Å². The predicted octanol–water partition coefficient (Wildman–Crippen LogP) is 6.06. The van der Waals surface area contributed by atoms with Gasteiger partial charge in [0, 0.05) is 24.9 Å². The second-order valence-corrected chi connectivity index (χ2v) is 8.90. The van der Waals surface area contributed by atoms with Crippen LogP contribution in [0.25, 0.3) is 22.0 Å². The van der Waals surface area contributed by atoms with Crippen LogP contribution in [0.3, 0.4) is 0 Å². The Hall–Kier alpha value is -3.87. The zero-order valence-corrected chi connectivity index (χ0v) is 20.7. The molecule has 3 aromatic carbocycles. The third-order valence-corrected chi connectivity index (χ3v) is 6.56. The number of anilines is 1. The number of benzene rings is 3. The summed E-state index contributed by atoms with van der Waals surface area (Å²) >= 11 is 0. The maximum Gasteiger partial charge on any atom is 0.318 e. The fourth-order valence-electron chi connectivity index (χ4n) is 4.62. The molecular formula is C29H30FN3O3. The standard InChI is InChI=1S/C29H30FN3O3/c1-34-26-13-6-20(18-27(26)35-2)14-17-36-29-31-25-12-9-22(21-7-10-23(30)11-8-21)19-24(25)28(32-29)33-15-4-3-5-16-33/h6-13,18-19H,3-5,14-17H2,1-2H3. The summed E-state index contributed by atoms with van der Waals surface area (Å²) in [6.07, 6.45) is 4.19. The molecule has 186 valence electrons. The SMILES string of the molecule is COc1ccc(CCOc2nc(N3CCCCC3)c3cc(-c4ccc(F)cc4)ccc3n2)cc1OC. The molecule has 0 unspecified atom stereocenters. The molecule has 1 saturated heterocycles. The molecule has 1 fully saturated rings. The van der Waals surface area contributed by atoms with Crippen molar-refractivity contribution in [2.45, 2.75) is 25.7 Å². The van der Waals surface area contributed by atoms with Gasteiger partial charge in [0.25, 0.3) is 0 Å². The average Bonchev–Trinajstić information content (AvgIpc) is 2.93. The van der Waals surface area contributed by atoms with Crippen LogP contribution in [0.15, 0.2) is 60.7 Å². The average molecular weight is 488 g/mol. The molecule has 36 heavy (non-hydrogen) atoms. The van der Waals surface area contributed by atoms with Gasteiger partial charge in [-0.2, -0.15) is 9.97 Å². The predicted molar refractivity (Wildman–Crippen MR) is 140 cm³/mol.